The molecule has 1 aliphatic rings. The summed E-state index contributed by atoms with van der Waals surface area (Å²) in [7, 11) is 1.68. The zero-order valence-electron chi connectivity index (χ0n) is 14.1. The lowest BCUT2D eigenvalue weighted by molar-refractivity contribution is -0.130. The van der Waals surface area contributed by atoms with Gasteiger partial charge in [0.1, 0.15) is 5.75 Å². The molecule has 1 saturated heterocycles. The molecule has 126 valence electrons. The van der Waals surface area contributed by atoms with Gasteiger partial charge in [0.25, 0.3) is 0 Å². The molecular weight excluding hydrogens is 300 g/mol. The van der Waals surface area contributed by atoms with Crippen molar-refractivity contribution in [3.8, 4) is 5.75 Å². The summed E-state index contributed by atoms with van der Waals surface area (Å²) in [6, 6.07) is 12.1. The van der Waals surface area contributed by atoms with E-state index in [4.69, 9.17) is 4.74 Å². The maximum Gasteiger partial charge on any atom is 0.227 e. The molecule has 1 atom stereocenters. The number of benzene rings is 1. The molecule has 0 saturated carbocycles. The van der Waals surface area contributed by atoms with Gasteiger partial charge in [-0.2, -0.15) is 0 Å². The summed E-state index contributed by atoms with van der Waals surface area (Å²) in [5.74, 6) is 1.47. The van der Waals surface area contributed by atoms with Crippen LogP contribution in [0.25, 0.3) is 0 Å². The average molecular weight is 324 g/mol. The Balaban J connectivity index is 1.68. The topological polar surface area (TPSA) is 42.4 Å². The maximum absolute atomic E-state index is 12.7. The van der Waals surface area contributed by atoms with Gasteiger partial charge >= 0.3 is 0 Å². The van der Waals surface area contributed by atoms with Crippen LogP contribution in [-0.4, -0.2) is 36.0 Å². The van der Waals surface area contributed by atoms with E-state index >= 15 is 0 Å². The minimum absolute atomic E-state index is 0.198. The van der Waals surface area contributed by atoms with E-state index < -0.39 is 0 Å². The van der Waals surface area contributed by atoms with Crippen LogP contribution in [0.1, 0.15) is 36.3 Å². The van der Waals surface area contributed by atoms with Gasteiger partial charge < -0.3 is 9.64 Å². The molecule has 0 N–H and O–H groups in total. The molecule has 0 radical (unpaired) electrons. The summed E-state index contributed by atoms with van der Waals surface area (Å²) in [5.41, 5.74) is 2.27. The van der Waals surface area contributed by atoms with Crippen molar-refractivity contribution in [1.82, 2.24) is 9.88 Å². The van der Waals surface area contributed by atoms with Crippen LogP contribution in [0, 0.1) is 0 Å². The van der Waals surface area contributed by atoms with Gasteiger partial charge in [-0.1, -0.05) is 24.6 Å². The highest BCUT2D eigenvalue weighted by atomic mass is 16.5. The first kappa shape index (κ1) is 16.5. The molecule has 1 fully saturated rings. The summed E-state index contributed by atoms with van der Waals surface area (Å²) in [6.07, 6.45) is 7.31. The number of likely N-dealkylation sites (tertiary alicyclic amines) is 1. The standard InChI is InChI=1S/C20H24N2O2/c1-24-19-9-7-17(8-10-19)18-6-2-3-12-22(15-18)20(23)13-16-5-4-11-21-14-16/h4-5,7-11,14,18H,2-3,6,12-13,15H2,1H3/t18-/m0/s1. The van der Waals surface area contributed by atoms with E-state index in [-0.39, 0.29) is 5.91 Å². The van der Waals surface area contributed by atoms with Gasteiger partial charge in [-0.25, -0.2) is 0 Å². The average Bonchev–Trinajstić information content (AvgIpc) is 2.89. The number of amides is 1. The molecule has 1 aliphatic heterocycles. The molecule has 0 spiro atoms. The second kappa shape index (κ2) is 7.95. The Hall–Kier alpha value is -2.36. The molecule has 2 aromatic rings. The lowest BCUT2D eigenvalue weighted by Gasteiger charge is -2.25. The van der Waals surface area contributed by atoms with Gasteiger partial charge in [0.05, 0.1) is 13.5 Å². The first-order chi connectivity index (χ1) is 11.8. The second-order valence-corrected chi connectivity index (χ2v) is 6.34. The summed E-state index contributed by atoms with van der Waals surface area (Å²) in [6.45, 7) is 1.65. The number of carbonyl (C=O) groups excluding carboxylic acids is 1. The highest BCUT2D eigenvalue weighted by molar-refractivity contribution is 5.78. The maximum atomic E-state index is 12.7. The third-order valence-corrected chi connectivity index (χ3v) is 4.69. The molecule has 2 heterocycles. The van der Waals surface area contributed by atoms with Crippen LogP contribution in [-0.2, 0) is 11.2 Å². The molecule has 1 amide bonds. The molecule has 24 heavy (non-hydrogen) atoms. The number of pyridine rings is 1. The Kier molecular flexibility index (Phi) is 5.47. The molecule has 0 unspecified atom stereocenters. The van der Waals surface area contributed by atoms with Crippen LogP contribution >= 0.6 is 0 Å². The molecule has 1 aromatic heterocycles. The monoisotopic (exact) mass is 324 g/mol. The minimum Gasteiger partial charge on any atom is -0.497 e. The van der Waals surface area contributed by atoms with Gasteiger partial charge in [0, 0.05) is 31.4 Å². The lowest BCUT2D eigenvalue weighted by Crippen LogP contribution is -2.35. The van der Waals surface area contributed by atoms with Gasteiger partial charge in [-0.15, -0.1) is 0 Å². The number of aromatic nitrogens is 1. The Morgan fingerprint density at radius 3 is 2.79 bits per heavy atom. The van der Waals surface area contributed by atoms with Crippen LogP contribution in [0.5, 0.6) is 5.75 Å². The first-order valence-electron chi connectivity index (χ1n) is 8.57. The second-order valence-electron chi connectivity index (χ2n) is 6.34. The fourth-order valence-electron chi connectivity index (χ4n) is 3.31. The van der Waals surface area contributed by atoms with Crippen LogP contribution in [0.15, 0.2) is 48.8 Å². The predicted octanol–water partition coefficient (Wildman–Crippen LogP) is 3.43. The van der Waals surface area contributed by atoms with Gasteiger partial charge in [-0.3, -0.25) is 9.78 Å². The smallest absolute Gasteiger partial charge is 0.227 e. The van der Waals surface area contributed by atoms with E-state index in [0.29, 0.717) is 12.3 Å². The van der Waals surface area contributed by atoms with E-state index in [2.05, 4.69) is 17.1 Å². The molecule has 0 bridgehead atoms. The van der Waals surface area contributed by atoms with Gasteiger partial charge in [0.2, 0.25) is 5.91 Å². The Bertz CT molecular complexity index is 655. The van der Waals surface area contributed by atoms with Crippen LogP contribution in [0.3, 0.4) is 0 Å². The van der Waals surface area contributed by atoms with Crippen LogP contribution < -0.4 is 4.74 Å². The van der Waals surface area contributed by atoms with Crippen molar-refractivity contribution < 1.29 is 9.53 Å². The van der Waals surface area contributed by atoms with Crippen molar-refractivity contribution in [2.24, 2.45) is 0 Å². The minimum atomic E-state index is 0.198. The summed E-state index contributed by atoms with van der Waals surface area (Å²) < 4.78 is 5.24. The summed E-state index contributed by atoms with van der Waals surface area (Å²) in [4.78, 5) is 18.8. The zero-order chi connectivity index (χ0) is 16.8. The number of rotatable bonds is 4. The quantitative estimate of drug-likeness (QED) is 0.865. The van der Waals surface area contributed by atoms with Crippen molar-refractivity contribution in [1.29, 1.82) is 0 Å². The highest BCUT2D eigenvalue weighted by Gasteiger charge is 2.23. The summed E-state index contributed by atoms with van der Waals surface area (Å²) in [5, 5.41) is 0. The fourth-order valence-corrected chi connectivity index (χ4v) is 3.31. The molecule has 1 aromatic carbocycles. The molecule has 0 aliphatic carbocycles. The SMILES string of the molecule is COc1ccc([C@H]2CCCCN(C(=O)Cc3cccnc3)C2)cc1. The lowest BCUT2D eigenvalue weighted by atomic mass is 9.94. The van der Waals surface area contributed by atoms with Gasteiger partial charge in [-0.05, 0) is 42.2 Å². The van der Waals surface area contributed by atoms with E-state index in [0.717, 1.165) is 43.7 Å². The Labute approximate surface area is 143 Å². The molecular formula is C20H24N2O2. The zero-order valence-corrected chi connectivity index (χ0v) is 14.1. The number of hydrogen-bond donors (Lipinski definition) is 0. The van der Waals surface area contributed by atoms with E-state index in [1.54, 1.807) is 19.5 Å². The first-order valence-corrected chi connectivity index (χ1v) is 8.57. The summed E-state index contributed by atoms with van der Waals surface area (Å²) >= 11 is 0. The van der Waals surface area contributed by atoms with Crippen molar-refractivity contribution in [2.45, 2.75) is 31.6 Å². The van der Waals surface area contributed by atoms with Crippen LogP contribution in [0.4, 0.5) is 0 Å². The van der Waals surface area contributed by atoms with E-state index in [1.807, 2.05) is 29.2 Å². The number of ether oxygens (including phenoxy) is 1. The van der Waals surface area contributed by atoms with Crippen molar-refractivity contribution in [2.75, 3.05) is 20.2 Å². The van der Waals surface area contributed by atoms with Gasteiger partial charge in [0.15, 0.2) is 0 Å². The predicted molar refractivity (Wildman–Crippen MR) is 94.1 cm³/mol. The van der Waals surface area contributed by atoms with E-state index in [9.17, 15) is 4.79 Å². The normalized spacial score (nSPS) is 18.0. The molecule has 4 heteroatoms. The Morgan fingerprint density at radius 2 is 2.08 bits per heavy atom. The van der Waals surface area contributed by atoms with Crippen molar-refractivity contribution in [3.05, 3.63) is 59.9 Å². The molecule has 3 rings (SSSR count). The number of nitrogens with zero attached hydrogens (tertiary/aromatic N) is 2. The third kappa shape index (κ3) is 4.13. The highest BCUT2D eigenvalue weighted by Crippen LogP contribution is 2.28. The van der Waals surface area contributed by atoms with Crippen molar-refractivity contribution >= 4 is 5.91 Å². The van der Waals surface area contributed by atoms with Crippen LogP contribution in [0.2, 0.25) is 0 Å². The molecule has 4 nitrogen and oxygen atoms in total. The third-order valence-electron chi connectivity index (χ3n) is 4.69. The van der Waals surface area contributed by atoms with E-state index in [1.165, 1.54) is 5.56 Å². The number of carbonyl (C=O) groups is 1. The fraction of sp³-hybridized carbons (Fsp3) is 0.400. The number of hydrogen-bond acceptors (Lipinski definition) is 3. The Morgan fingerprint density at radius 1 is 1.25 bits per heavy atom. The largest absolute Gasteiger partial charge is 0.497 e. The van der Waals surface area contributed by atoms with Crippen molar-refractivity contribution in [3.63, 3.8) is 0 Å². The number of methoxy groups -OCH3 is 1.